The second-order valence-electron chi connectivity index (χ2n) is 7.67. The number of para-hydroxylation sites is 1. The molecule has 1 unspecified atom stereocenters. The molecule has 0 saturated heterocycles. The van der Waals surface area contributed by atoms with Gasteiger partial charge in [0.05, 0.1) is 18.7 Å². The average Bonchev–Trinajstić information content (AvgIpc) is 3.50. The molecule has 33 heavy (non-hydrogen) atoms. The summed E-state index contributed by atoms with van der Waals surface area (Å²) >= 11 is 1.20. The number of aryl methyl sites for hydroxylation is 2. The van der Waals surface area contributed by atoms with Crippen molar-refractivity contribution in [1.82, 2.24) is 10.2 Å². The smallest absolute Gasteiger partial charge is 0.296 e. The van der Waals surface area contributed by atoms with Crippen molar-refractivity contribution in [2.24, 2.45) is 0 Å². The third-order valence-corrected chi connectivity index (χ3v) is 6.36. The maximum atomic E-state index is 13.6. The van der Waals surface area contributed by atoms with E-state index in [-0.39, 0.29) is 11.3 Å². The summed E-state index contributed by atoms with van der Waals surface area (Å²) in [6.45, 7) is 3.71. The number of furan rings is 1. The van der Waals surface area contributed by atoms with E-state index in [1.807, 2.05) is 31.2 Å². The van der Waals surface area contributed by atoms with Gasteiger partial charge in [-0.3, -0.25) is 14.5 Å². The van der Waals surface area contributed by atoms with Crippen LogP contribution in [0.25, 0.3) is 11.0 Å². The molecule has 1 aliphatic rings. The summed E-state index contributed by atoms with van der Waals surface area (Å²) in [6.07, 6.45) is 0. The maximum absolute atomic E-state index is 13.6. The van der Waals surface area contributed by atoms with Gasteiger partial charge in [0.1, 0.15) is 5.01 Å². The number of carbonyl (C=O) groups is 2. The van der Waals surface area contributed by atoms with Gasteiger partial charge < -0.3 is 14.3 Å². The van der Waals surface area contributed by atoms with Gasteiger partial charge in [-0.25, -0.2) is 0 Å². The average molecular weight is 461 g/mol. The highest BCUT2D eigenvalue weighted by molar-refractivity contribution is 7.15. The van der Waals surface area contributed by atoms with Crippen LogP contribution in [0.5, 0.6) is 5.75 Å². The van der Waals surface area contributed by atoms with Crippen LogP contribution in [0.15, 0.2) is 64.3 Å². The van der Waals surface area contributed by atoms with E-state index in [1.54, 1.807) is 31.2 Å². The van der Waals surface area contributed by atoms with Gasteiger partial charge in [-0.1, -0.05) is 53.3 Å². The number of amides is 1. The van der Waals surface area contributed by atoms with E-state index in [0.717, 1.165) is 5.56 Å². The highest BCUT2D eigenvalue weighted by Crippen LogP contribution is 2.43. The van der Waals surface area contributed by atoms with Crippen LogP contribution in [-0.2, 0) is 4.79 Å². The SMILES string of the molecule is COc1cccc2cc(C(=O)C3=C(O)C(=O)N(c4nnc(C)s4)C3c3ccc(C)cc3)oc12. The number of aliphatic hydroxyl groups excluding tert-OH is 1. The second kappa shape index (κ2) is 7.86. The summed E-state index contributed by atoms with van der Waals surface area (Å²) in [4.78, 5) is 28.1. The van der Waals surface area contributed by atoms with Crippen LogP contribution in [0.4, 0.5) is 5.13 Å². The molecule has 8 nitrogen and oxygen atoms in total. The van der Waals surface area contributed by atoms with Crippen LogP contribution in [-0.4, -0.2) is 34.1 Å². The van der Waals surface area contributed by atoms with E-state index in [9.17, 15) is 14.7 Å². The number of rotatable bonds is 5. The molecular formula is C24H19N3O5S. The van der Waals surface area contributed by atoms with Gasteiger partial charge in [0.25, 0.3) is 5.91 Å². The molecule has 0 aliphatic carbocycles. The van der Waals surface area contributed by atoms with Crippen molar-refractivity contribution in [3.05, 3.63) is 81.8 Å². The van der Waals surface area contributed by atoms with Crippen molar-refractivity contribution < 1.29 is 23.8 Å². The van der Waals surface area contributed by atoms with Crippen LogP contribution in [0.1, 0.15) is 32.7 Å². The lowest BCUT2D eigenvalue weighted by molar-refractivity contribution is -0.117. The number of Topliss-reactive ketones (excluding diaryl/α,β-unsaturated/α-hetero) is 1. The van der Waals surface area contributed by atoms with Crippen molar-refractivity contribution >= 4 is 39.1 Å². The Bertz CT molecular complexity index is 1430. The number of anilines is 1. The maximum Gasteiger partial charge on any atom is 0.296 e. The highest BCUT2D eigenvalue weighted by atomic mass is 32.1. The molecule has 1 amide bonds. The first-order valence-corrected chi connectivity index (χ1v) is 10.9. The second-order valence-corrected chi connectivity index (χ2v) is 8.83. The zero-order valence-corrected chi connectivity index (χ0v) is 18.8. The van der Waals surface area contributed by atoms with Crippen molar-refractivity contribution in [3.63, 3.8) is 0 Å². The van der Waals surface area contributed by atoms with Crippen LogP contribution < -0.4 is 9.64 Å². The van der Waals surface area contributed by atoms with E-state index in [4.69, 9.17) is 9.15 Å². The molecule has 1 aliphatic heterocycles. The van der Waals surface area contributed by atoms with Crippen LogP contribution in [0.3, 0.4) is 0 Å². The van der Waals surface area contributed by atoms with Crippen molar-refractivity contribution in [2.45, 2.75) is 19.9 Å². The summed E-state index contributed by atoms with van der Waals surface area (Å²) in [5.74, 6) is -1.46. The summed E-state index contributed by atoms with van der Waals surface area (Å²) in [5, 5.41) is 20.6. The molecule has 1 atom stereocenters. The van der Waals surface area contributed by atoms with Gasteiger partial charge in [0.15, 0.2) is 22.9 Å². The van der Waals surface area contributed by atoms with E-state index < -0.39 is 23.5 Å². The summed E-state index contributed by atoms with van der Waals surface area (Å²) in [7, 11) is 1.51. The molecule has 4 aromatic rings. The Hall–Kier alpha value is -3.98. The van der Waals surface area contributed by atoms with Crippen molar-refractivity contribution in [1.29, 1.82) is 0 Å². The lowest BCUT2D eigenvalue weighted by atomic mass is 9.94. The van der Waals surface area contributed by atoms with Gasteiger partial charge in [-0.2, -0.15) is 0 Å². The molecule has 9 heteroatoms. The largest absolute Gasteiger partial charge is 0.503 e. The molecule has 166 valence electrons. The van der Waals surface area contributed by atoms with Gasteiger partial charge in [0.2, 0.25) is 10.9 Å². The number of nitrogens with zero attached hydrogens (tertiary/aromatic N) is 3. The molecule has 1 N–H and O–H groups in total. The van der Waals surface area contributed by atoms with Crippen LogP contribution in [0, 0.1) is 13.8 Å². The number of aliphatic hydroxyl groups is 1. The first kappa shape index (κ1) is 20.9. The Labute approximate surface area is 192 Å². The summed E-state index contributed by atoms with van der Waals surface area (Å²) < 4.78 is 11.1. The molecule has 2 aromatic carbocycles. The minimum absolute atomic E-state index is 0.00347. The molecular weight excluding hydrogens is 442 g/mol. The molecule has 2 aromatic heterocycles. The number of fused-ring (bicyclic) bond motifs is 1. The molecule has 0 saturated carbocycles. The zero-order valence-electron chi connectivity index (χ0n) is 18.0. The number of ether oxygens (including phenoxy) is 1. The highest BCUT2D eigenvalue weighted by Gasteiger charge is 2.46. The quantitative estimate of drug-likeness (QED) is 0.430. The Morgan fingerprint density at radius 3 is 2.58 bits per heavy atom. The van der Waals surface area contributed by atoms with E-state index >= 15 is 0 Å². The molecule has 0 fully saturated rings. The molecule has 0 spiro atoms. The Kier molecular flexibility index (Phi) is 4.98. The number of carbonyl (C=O) groups excluding carboxylic acids is 2. The first-order chi connectivity index (χ1) is 15.9. The fraction of sp³-hybridized carbons (Fsp3) is 0.167. The fourth-order valence-electron chi connectivity index (χ4n) is 3.92. The molecule has 0 bridgehead atoms. The Morgan fingerprint density at radius 2 is 1.91 bits per heavy atom. The number of aromatic nitrogens is 2. The van der Waals surface area contributed by atoms with Gasteiger partial charge >= 0.3 is 0 Å². The minimum Gasteiger partial charge on any atom is -0.503 e. The van der Waals surface area contributed by atoms with Crippen LogP contribution in [0.2, 0.25) is 0 Å². The number of hydrogen-bond acceptors (Lipinski definition) is 8. The topological polar surface area (TPSA) is 106 Å². The Balaban J connectivity index is 1.66. The molecule has 0 radical (unpaired) electrons. The number of ketones is 1. The lowest BCUT2D eigenvalue weighted by Gasteiger charge is -2.23. The fourth-order valence-corrected chi connectivity index (χ4v) is 4.64. The van der Waals surface area contributed by atoms with Gasteiger partial charge in [-0.05, 0) is 31.5 Å². The lowest BCUT2D eigenvalue weighted by Crippen LogP contribution is -2.31. The summed E-state index contributed by atoms with van der Waals surface area (Å²) in [5.41, 5.74) is 2.01. The van der Waals surface area contributed by atoms with Gasteiger partial charge in [0, 0.05) is 5.39 Å². The number of hydrogen-bond donors (Lipinski definition) is 1. The zero-order chi connectivity index (χ0) is 23.3. The Morgan fingerprint density at radius 1 is 1.15 bits per heavy atom. The summed E-state index contributed by atoms with van der Waals surface area (Å²) in [6, 6.07) is 13.4. The monoisotopic (exact) mass is 461 g/mol. The number of benzene rings is 2. The van der Waals surface area contributed by atoms with Crippen molar-refractivity contribution in [3.8, 4) is 5.75 Å². The molecule has 5 rings (SSSR count). The van der Waals surface area contributed by atoms with Crippen LogP contribution >= 0.6 is 11.3 Å². The van der Waals surface area contributed by atoms with E-state index in [1.165, 1.54) is 23.3 Å². The number of methoxy groups -OCH3 is 1. The predicted octanol–water partition coefficient (Wildman–Crippen LogP) is 4.69. The van der Waals surface area contributed by atoms with Gasteiger partial charge in [-0.15, -0.1) is 10.2 Å². The molecule has 3 heterocycles. The van der Waals surface area contributed by atoms with E-state index in [0.29, 0.717) is 32.4 Å². The van der Waals surface area contributed by atoms with E-state index in [2.05, 4.69) is 10.2 Å². The first-order valence-electron chi connectivity index (χ1n) is 10.1. The van der Waals surface area contributed by atoms with Crippen molar-refractivity contribution in [2.75, 3.05) is 12.0 Å². The third-order valence-electron chi connectivity index (χ3n) is 5.52. The predicted molar refractivity (Wildman–Crippen MR) is 123 cm³/mol. The standard InChI is InChI=1S/C24H19N3O5S/c1-12-7-9-14(10-8-12)19-18(21(29)23(30)27(19)24-26-25-13(2)33-24)20(28)17-11-15-5-4-6-16(31-3)22(15)32-17/h4-11,19,29H,1-3H3. The third kappa shape index (κ3) is 3.37. The normalized spacial score (nSPS) is 16.2. The minimum atomic E-state index is -0.881.